The molecule has 0 saturated carbocycles. The predicted molar refractivity (Wildman–Crippen MR) is 89.9 cm³/mol. The van der Waals surface area contributed by atoms with Crippen LogP contribution in [0.4, 0.5) is 0 Å². The van der Waals surface area contributed by atoms with E-state index in [1.165, 1.54) is 0 Å². The van der Waals surface area contributed by atoms with Crippen molar-refractivity contribution in [2.45, 2.75) is 26.8 Å². The minimum absolute atomic E-state index is 0.588. The first-order valence-electron chi connectivity index (χ1n) is 7.38. The molecule has 0 aliphatic heterocycles. The number of benzene rings is 1. The van der Waals surface area contributed by atoms with Gasteiger partial charge in [-0.3, -0.25) is 4.99 Å². The molecule has 21 heavy (non-hydrogen) atoms. The van der Waals surface area contributed by atoms with Crippen molar-refractivity contribution in [1.29, 1.82) is 0 Å². The molecule has 0 fully saturated rings. The Labute approximate surface area is 132 Å². The van der Waals surface area contributed by atoms with Gasteiger partial charge in [-0.05, 0) is 30.0 Å². The van der Waals surface area contributed by atoms with Crippen LogP contribution in [0, 0.1) is 5.92 Å². The van der Waals surface area contributed by atoms with Crippen molar-refractivity contribution in [3.05, 3.63) is 34.9 Å². The molecule has 1 aromatic carbocycles. The Morgan fingerprint density at radius 1 is 1.33 bits per heavy atom. The zero-order chi connectivity index (χ0) is 15.5. The third-order valence-corrected chi connectivity index (χ3v) is 3.02. The Hall–Kier alpha value is -1.26. The number of nitrogens with one attached hydrogen (secondary N) is 2. The molecular weight excluding hydrogens is 286 g/mol. The first-order chi connectivity index (χ1) is 10.1. The van der Waals surface area contributed by atoms with Gasteiger partial charge in [0, 0.05) is 38.4 Å². The van der Waals surface area contributed by atoms with Crippen LogP contribution in [0.25, 0.3) is 0 Å². The minimum atomic E-state index is 0.588. The van der Waals surface area contributed by atoms with Gasteiger partial charge in [-0.1, -0.05) is 37.6 Å². The second kappa shape index (κ2) is 10.5. The zero-order valence-electron chi connectivity index (χ0n) is 13.2. The Balaban J connectivity index is 2.18. The maximum absolute atomic E-state index is 5.96. The van der Waals surface area contributed by atoms with E-state index in [4.69, 9.17) is 16.3 Å². The third-order valence-electron chi connectivity index (χ3n) is 2.78. The maximum Gasteiger partial charge on any atom is 0.191 e. The lowest BCUT2D eigenvalue weighted by Crippen LogP contribution is -2.37. The molecule has 0 unspecified atom stereocenters. The molecule has 0 radical (unpaired) electrons. The highest BCUT2D eigenvalue weighted by Crippen LogP contribution is 2.10. The molecule has 0 spiro atoms. The van der Waals surface area contributed by atoms with E-state index in [-0.39, 0.29) is 0 Å². The summed E-state index contributed by atoms with van der Waals surface area (Å²) in [5.74, 6) is 1.38. The van der Waals surface area contributed by atoms with Gasteiger partial charge in [0.05, 0.1) is 0 Å². The first-order valence-corrected chi connectivity index (χ1v) is 7.76. The number of hydrogen-bond donors (Lipinski definition) is 2. The summed E-state index contributed by atoms with van der Waals surface area (Å²) >= 11 is 5.96. The van der Waals surface area contributed by atoms with Crippen molar-refractivity contribution in [3.8, 4) is 0 Å². The van der Waals surface area contributed by atoms with Crippen LogP contribution in [-0.4, -0.2) is 32.8 Å². The summed E-state index contributed by atoms with van der Waals surface area (Å²) in [6, 6.07) is 7.80. The lowest BCUT2D eigenvalue weighted by atomic mass is 10.2. The first kappa shape index (κ1) is 17.8. The van der Waals surface area contributed by atoms with E-state index in [0.29, 0.717) is 12.5 Å². The number of guanidine groups is 1. The smallest absolute Gasteiger partial charge is 0.191 e. The van der Waals surface area contributed by atoms with Crippen molar-refractivity contribution >= 4 is 17.6 Å². The summed E-state index contributed by atoms with van der Waals surface area (Å²) in [5, 5.41) is 7.28. The molecule has 0 aliphatic rings. The van der Waals surface area contributed by atoms with Crippen LogP contribution in [0.3, 0.4) is 0 Å². The largest absolute Gasteiger partial charge is 0.381 e. The van der Waals surface area contributed by atoms with Crippen molar-refractivity contribution in [2.75, 3.05) is 26.8 Å². The highest BCUT2D eigenvalue weighted by Gasteiger charge is 1.99. The molecule has 0 aliphatic carbocycles. The van der Waals surface area contributed by atoms with Gasteiger partial charge < -0.3 is 15.4 Å². The molecular formula is C16H26ClN3O. The number of hydrogen-bond acceptors (Lipinski definition) is 2. The number of nitrogens with zero attached hydrogens (tertiary/aromatic N) is 1. The number of halogens is 1. The highest BCUT2D eigenvalue weighted by atomic mass is 35.5. The molecule has 0 aromatic heterocycles. The molecule has 2 N–H and O–H groups in total. The summed E-state index contributed by atoms with van der Waals surface area (Å²) in [6.45, 7) is 7.44. The fourth-order valence-corrected chi connectivity index (χ4v) is 1.97. The Morgan fingerprint density at radius 3 is 2.81 bits per heavy atom. The molecule has 0 atom stereocenters. The van der Waals surface area contributed by atoms with E-state index in [1.807, 2.05) is 24.3 Å². The second-order valence-corrected chi connectivity index (χ2v) is 5.74. The third kappa shape index (κ3) is 8.58. The van der Waals surface area contributed by atoms with E-state index < -0.39 is 0 Å². The van der Waals surface area contributed by atoms with Gasteiger partial charge in [0.25, 0.3) is 0 Å². The van der Waals surface area contributed by atoms with Crippen molar-refractivity contribution in [1.82, 2.24) is 10.6 Å². The van der Waals surface area contributed by atoms with Crippen LogP contribution in [0.2, 0.25) is 5.02 Å². The summed E-state index contributed by atoms with van der Waals surface area (Å²) in [5.41, 5.74) is 1.13. The van der Waals surface area contributed by atoms with Crippen molar-refractivity contribution < 1.29 is 4.74 Å². The molecule has 0 amide bonds. The summed E-state index contributed by atoms with van der Waals surface area (Å²) in [4.78, 5) is 4.19. The van der Waals surface area contributed by atoms with E-state index in [2.05, 4.69) is 29.5 Å². The molecule has 4 nitrogen and oxygen atoms in total. The number of rotatable bonds is 8. The van der Waals surface area contributed by atoms with Crippen LogP contribution in [-0.2, 0) is 11.3 Å². The van der Waals surface area contributed by atoms with E-state index in [0.717, 1.165) is 42.7 Å². The fourth-order valence-electron chi connectivity index (χ4n) is 1.75. The van der Waals surface area contributed by atoms with Gasteiger partial charge in [-0.15, -0.1) is 0 Å². The van der Waals surface area contributed by atoms with E-state index in [9.17, 15) is 0 Å². The standard InChI is InChI=1S/C16H26ClN3O/c1-13(2)12-21-9-5-8-19-16(18-3)20-11-14-6-4-7-15(17)10-14/h4,6-7,10,13H,5,8-9,11-12H2,1-3H3,(H2,18,19,20). The van der Waals surface area contributed by atoms with E-state index >= 15 is 0 Å². The van der Waals surface area contributed by atoms with Crippen LogP contribution < -0.4 is 10.6 Å². The lowest BCUT2D eigenvalue weighted by Gasteiger charge is -2.12. The maximum atomic E-state index is 5.96. The molecule has 0 heterocycles. The van der Waals surface area contributed by atoms with Crippen LogP contribution in [0.15, 0.2) is 29.3 Å². The minimum Gasteiger partial charge on any atom is -0.381 e. The average Bonchev–Trinajstić information content (AvgIpc) is 2.45. The number of aliphatic imine (C=N–C) groups is 1. The highest BCUT2D eigenvalue weighted by molar-refractivity contribution is 6.30. The summed E-state index contributed by atoms with van der Waals surface area (Å²) < 4.78 is 5.54. The summed E-state index contributed by atoms with van der Waals surface area (Å²) in [7, 11) is 1.77. The molecule has 0 saturated heterocycles. The van der Waals surface area contributed by atoms with Crippen LogP contribution >= 0.6 is 11.6 Å². The normalized spacial score (nSPS) is 11.8. The summed E-state index contributed by atoms with van der Waals surface area (Å²) in [6.07, 6.45) is 0.963. The predicted octanol–water partition coefficient (Wildman–Crippen LogP) is 3.07. The Bertz CT molecular complexity index is 435. The Morgan fingerprint density at radius 2 is 2.14 bits per heavy atom. The van der Waals surface area contributed by atoms with Gasteiger partial charge in [0.2, 0.25) is 0 Å². The van der Waals surface area contributed by atoms with Gasteiger partial charge in [-0.25, -0.2) is 0 Å². The molecule has 118 valence electrons. The van der Waals surface area contributed by atoms with Gasteiger partial charge in [0.15, 0.2) is 5.96 Å². The van der Waals surface area contributed by atoms with Gasteiger partial charge in [-0.2, -0.15) is 0 Å². The SMILES string of the molecule is CN=C(NCCCOCC(C)C)NCc1cccc(Cl)c1. The molecule has 1 rings (SSSR count). The monoisotopic (exact) mass is 311 g/mol. The number of ether oxygens (including phenoxy) is 1. The van der Waals surface area contributed by atoms with Gasteiger partial charge >= 0.3 is 0 Å². The van der Waals surface area contributed by atoms with E-state index in [1.54, 1.807) is 7.05 Å². The second-order valence-electron chi connectivity index (χ2n) is 5.30. The average molecular weight is 312 g/mol. The van der Waals surface area contributed by atoms with Crippen molar-refractivity contribution in [2.24, 2.45) is 10.9 Å². The molecule has 5 heteroatoms. The molecule has 1 aromatic rings. The Kier molecular flexibility index (Phi) is 8.87. The quantitative estimate of drug-likeness (QED) is 0.440. The fraction of sp³-hybridized carbons (Fsp3) is 0.562. The van der Waals surface area contributed by atoms with Gasteiger partial charge in [0.1, 0.15) is 0 Å². The van der Waals surface area contributed by atoms with Crippen LogP contribution in [0.5, 0.6) is 0 Å². The molecule has 0 bridgehead atoms. The topological polar surface area (TPSA) is 45.7 Å². The lowest BCUT2D eigenvalue weighted by molar-refractivity contribution is 0.108. The zero-order valence-corrected chi connectivity index (χ0v) is 13.9. The van der Waals surface area contributed by atoms with Crippen LogP contribution in [0.1, 0.15) is 25.8 Å². The van der Waals surface area contributed by atoms with Crippen molar-refractivity contribution in [3.63, 3.8) is 0 Å².